The maximum Gasteiger partial charge on any atom is 0.416 e. The Bertz CT molecular complexity index is 737. The lowest BCUT2D eigenvalue weighted by atomic mass is 10.1. The second-order valence-corrected chi connectivity index (χ2v) is 5.57. The Kier molecular flexibility index (Phi) is 3.87. The van der Waals surface area contributed by atoms with E-state index in [1.807, 2.05) is 4.90 Å². The van der Waals surface area contributed by atoms with Gasteiger partial charge in [-0.25, -0.2) is 4.98 Å². The lowest BCUT2D eigenvalue weighted by Crippen LogP contribution is -2.48. The zero-order valence-electron chi connectivity index (χ0n) is 12.6. The molecule has 0 saturated carbocycles. The molecule has 4 nitrogen and oxygen atoms in total. The second-order valence-electron chi connectivity index (χ2n) is 5.57. The standard InChI is InChI=1S/C16H16F3N3O/c1-11(23)21-6-8-22(9-7-21)15-5-2-12-10-13(16(17,18)19)3-4-14(12)20-15/h2-5,10H,6-9H2,1H3. The first kappa shape index (κ1) is 15.6. The van der Waals surface area contributed by atoms with Gasteiger partial charge in [0.1, 0.15) is 5.82 Å². The molecule has 7 heteroatoms. The fourth-order valence-corrected chi connectivity index (χ4v) is 2.72. The maximum absolute atomic E-state index is 12.7. The largest absolute Gasteiger partial charge is 0.416 e. The maximum atomic E-state index is 12.7. The first-order valence-corrected chi connectivity index (χ1v) is 7.33. The number of alkyl halides is 3. The molecule has 0 radical (unpaired) electrons. The molecule has 0 bridgehead atoms. The molecule has 1 fully saturated rings. The number of pyridine rings is 1. The average Bonchev–Trinajstić information content (AvgIpc) is 2.53. The molecule has 3 rings (SSSR count). The van der Waals surface area contributed by atoms with Crippen molar-refractivity contribution in [1.29, 1.82) is 0 Å². The normalized spacial score (nSPS) is 16.0. The highest BCUT2D eigenvalue weighted by Crippen LogP contribution is 2.31. The van der Waals surface area contributed by atoms with Crippen LogP contribution >= 0.6 is 0 Å². The smallest absolute Gasteiger partial charge is 0.353 e. The summed E-state index contributed by atoms with van der Waals surface area (Å²) in [4.78, 5) is 19.6. The summed E-state index contributed by atoms with van der Waals surface area (Å²) in [7, 11) is 0. The number of carbonyl (C=O) groups excluding carboxylic acids is 1. The van der Waals surface area contributed by atoms with Crippen molar-refractivity contribution in [3.63, 3.8) is 0 Å². The van der Waals surface area contributed by atoms with Gasteiger partial charge in [-0.3, -0.25) is 4.79 Å². The molecule has 1 aromatic heterocycles. The van der Waals surface area contributed by atoms with Gasteiger partial charge in [0, 0.05) is 38.5 Å². The van der Waals surface area contributed by atoms with Gasteiger partial charge in [-0.05, 0) is 30.3 Å². The van der Waals surface area contributed by atoms with Crippen molar-refractivity contribution in [1.82, 2.24) is 9.88 Å². The van der Waals surface area contributed by atoms with E-state index in [4.69, 9.17) is 0 Å². The van der Waals surface area contributed by atoms with Crippen molar-refractivity contribution in [2.24, 2.45) is 0 Å². The molecule has 0 aliphatic carbocycles. The van der Waals surface area contributed by atoms with Crippen LogP contribution in [-0.4, -0.2) is 42.0 Å². The van der Waals surface area contributed by atoms with Gasteiger partial charge in [0.2, 0.25) is 5.91 Å². The van der Waals surface area contributed by atoms with Crippen LogP contribution in [0.4, 0.5) is 19.0 Å². The Morgan fingerprint density at radius 3 is 2.39 bits per heavy atom. The number of carbonyl (C=O) groups is 1. The van der Waals surface area contributed by atoms with Crippen molar-refractivity contribution in [2.45, 2.75) is 13.1 Å². The van der Waals surface area contributed by atoms with Gasteiger partial charge < -0.3 is 9.80 Å². The number of piperazine rings is 1. The molecule has 2 heterocycles. The van der Waals surface area contributed by atoms with Crippen molar-refractivity contribution < 1.29 is 18.0 Å². The zero-order valence-corrected chi connectivity index (χ0v) is 12.6. The Hall–Kier alpha value is -2.31. The summed E-state index contributed by atoms with van der Waals surface area (Å²) in [5, 5.41) is 0.464. The predicted molar refractivity (Wildman–Crippen MR) is 81.2 cm³/mol. The van der Waals surface area contributed by atoms with Crippen molar-refractivity contribution in [3.05, 3.63) is 35.9 Å². The molecule has 0 unspecified atom stereocenters. The van der Waals surface area contributed by atoms with Crippen LogP contribution in [0.25, 0.3) is 10.9 Å². The van der Waals surface area contributed by atoms with E-state index in [1.165, 1.54) is 6.07 Å². The van der Waals surface area contributed by atoms with E-state index in [9.17, 15) is 18.0 Å². The number of halogens is 3. The summed E-state index contributed by atoms with van der Waals surface area (Å²) < 4.78 is 38.2. The molecule has 2 aromatic rings. The van der Waals surface area contributed by atoms with Gasteiger partial charge in [-0.15, -0.1) is 0 Å². The molecular formula is C16H16F3N3O. The fraction of sp³-hybridized carbons (Fsp3) is 0.375. The highest BCUT2D eigenvalue weighted by molar-refractivity contribution is 5.81. The molecule has 1 aromatic carbocycles. The first-order valence-electron chi connectivity index (χ1n) is 7.33. The Balaban J connectivity index is 1.83. The van der Waals surface area contributed by atoms with E-state index in [0.29, 0.717) is 37.1 Å². The summed E-state index contributed by atoms with van der Waals surface area (Å²) in [5.41, 5.74) is -0.140. The van der Waals surface area contributed by atoms with Gasteiger partial charge in [-0.2, -0.15) is 13.2 Å². The molecule has 0 atom stereocenters. The highest BCUT2D eigenvalue weighted by Gasteiger charge is 2.30. The zero-order chi connectivity index (χ0) is 16.6. The number of hydrogen-bond donors (Lipinski definition) is 0. The minimum Gasteiger partial charge on any atom is -0.353 e. The van der Waals surface area contributed by atoms with Crippen LogP contribution < -0.4 is 4.90 Å². The minimum absolute atomic E-state index is 0.0517. The summed E-state index contributed by atoms with van der Waals surface area (Å²) in [5.74, 6) is 0.774. The van der Waals surface area contributed by atoms with Crippen molar-refractivity contribution in [2.75, 3.05) is 31.1 Å². The van der Waals surface area contributed by atoms with E-state index < -0.39 is 11.7 Å². The number of fused-ring (bicyclic) bond motifs is 1. The van der Waals surface area contributed by atoms with E-state index >= 15 is 0 Å². The van der Waals surface area contributed by atoms with E-state index in [1.54, 1.807) is 24.0 Å². The Morgan fingerprint density at radius 2 is 1.78 bits per heavy atom. The second kappa shape index (κ2) is 5.72. The van der Waals surface area contributed by atoms with Crippen LogP contribution in [-0.2, 0) is 11.0 Å². The van der Waals surface area contributed by atoms with E-state index in [-0.39, 0.29) is 5.91 Å². The first-order chi connectivity index (χ1) is 10.8. The van der Waals surface area contributed by atoms with Crippen LogP contribution in [0.3, 0.4) is 0 Å². The summed E-state index contributed by atoms with van der Waals surface area (Å²) >= 11 is 0. The Morgan fingerprint density at radius 1 is 1.09 bits per heavy atom. The molecule has 0 spiro atoms. The fourth-order valence-electron chi connectivity index (χ4n) is 2.72. The van der Waals surface area contributed by atoms with Crippen LogP contribution in [0.15, 0.2) is 30.3 Å². The van der Waals surface area contributed by atoms with E-state index in [0.717, 1.165) is 18.0 Å². The number of anilines is 1. The number of rotatable bonds is 1. The van der Waals surface area contributed by atoms with Gasteiger partial charge in [-0.1, -0.05) is 0 Å². The molecule has 23 heavy (non-hydrogen) atoms. The third kappa shape index (κ3) is 3.23. The van der Waals surface area contributed by atoms with Crippen LogP contribution in [0.5, 0.6) is 0 Å². The number of benzene rings is 1. The average molecular weight is 323 g/mol. The van der Waals surface area contributed by atoms with Crippen LogP contribution in [0, 0.1) is 0 Å². The molecule has 1 aliphatic rings. The molecule has 1 amide bonds. The summed E-state index contributed by atoms with van der Waals surface area (Å²) in [6, 6.07) is 6.94. The monoisotopic (exact) mass is 323 g/mol. The molecule has 1 saturated heterocycles. The lowest BCUT2D eigenvalue weighted by Gasteiger charge is -2.35. The summed E-state index contributed by atoms with van der Waals surface area (Å²) in [6.45, 7) is 4.13. The highest BCUT2D eigenvalue weighted by atomic mass is 19.4. The van der Waals surface area contributed by atoms with Crippen molar-refractivity contribution >= 4 is 22.6 Å². The molecule has 1 aliphatic heterocycles. The Labute approximate surface area is 131 Å². The third-order valence-corrected chi connectivity index (χ3v) is 4.05. The van der Waals surface area contributed by atoms with Gasteiger partial charge in [0.05, 0.1) is 11.1 Å². The van der Waals surface area contributed by atoms with Gasteiger partial charge in [0.25, 0.3) is 0 Å². The molecular weight excluding hydrogens is 307 g/mol. The number of amides is 1. The number of hydrogen-bond acceptors (Lipinski definition) is 3. The van der Waals surface area contributed by atoms with E-state index in [2.05, 4.69) is 4.98 Å². The quantitative estimate of drug-likeness (QED) is 0.810. The van der Waals surface area contributed by atoms with Crippen LogP contribution in [0.1, 0.15) is 12.5 Å². The molecule has 122 valence electrons. The summed E-state index contributed by atoms with van der Waals surface area (Å²) in [6.07, 6.45) is -4.35. The predicted octanol–water partition coefficient (Wildman–Crippen LogP) is 2.92. The molecule has 0 N–H and O–H groups in total. The number of aromatic nitrogens is 1. The lowest BCUT2D eigenvalue weighted by molar-refractivity contribution is -0.137. The minimum atomic E-state index is -4.35. The topological polar surface area (TPSA) is 36.4 Å². The van der Waals surface area contributed by atoms with Gasteiger partial charge in [0.15, 0.2) is 0 Å². The third-order valence-electron chi connectivity index (χ3n) is 4.05. The van der Waals surface area contributed by atoms with Crippen LogP contribution in [0.2, 0.25) is 0 Å². The van der Waals surface area contributed by atoms with Crippen molar-refractivity contribution in [3.8, 4) is 0 Å². The SMILES string of the molecule is CC(=O)N1CCN(c2ccc3cc(C(F)(F)F)ccc3n2)CC1. The number of nitrogens with zero attached hydrogens (tertiary/aromatic N) is 3. The van der Waals surface area contributed by atoms with Gasteiger partial charge >= 0.3 is 6.18 Å².